The van der Waals surface area contributed by atoms with Crippen LogP contribution in [0, 0.1) is 0 Å². The molecule has 0 spiro atoms. The predicted molar refractivity (Wildman–Crippen MR) is 61.3 cm³/mol. The van der Waals surface area contributed by atoms with E-state index >= 15 is 0 Å². The third-order valence-electron chi connectivity index (χ3n) is 1.85. The highest BCUT2D eigenvalue weighted by Crippen LogP contribution is 2.08. The third-order valence-corrected chi connectivity index (χ3v) is 1.85. The first-order valence-corrected chi connectivity index (χ1v) is 5.04. The van der Waals surface area contributed by atoms with Crippen LogP contribution in [-0.2, 0) is 9.53 Å². The number of carbonyl (C=O) groups is 1. The van der Waals surface area contributed by atoms with Crippen LogP contribution in [0.3, 0.4) is 0 Å². The van der Waals surface area contributed by atoms with E-state index in [2.05, 4.69) is 0 Å². The zero-order chi connectivity index (χ0) is 11.3. The second-order valence-electron chi connectivity index (χ2n) is 3.69. The maximum Gasteiger partial charge on any atom is 0.333 e. The molecule has 0 aromatic heterocycles. The van der Waals surface area contributed by atoms with Crippen LogP contribution in [0.2, 0.25) is 0 Å². The molecule has 0 aliphatic carbocycles. The van der Waals surface area contributed by atoms with E-state index in [9.17, 15) is 4.79 Å². The van der Waals surface area contributed by atoms with Crippen molar-refractivity contribution in [2.24, 2.45) is 0 Å². The monoisotopic (exact) mass is 204 g/mol. The van der Waals surface area contributed by atoms with Crippen LogP contribution >= 0.6 is 0 Å². The lowest BCUT2D eigenvalue weighted by Crippen LogP contribution is -2.11. The van der Waals surface area contributed by atoms with E-state index in [1.807, 2.05) is 50.3 Å². The molecule has 0 atom stereocenters. The van der Waals surface area contributed by atoms with Crippen molar-refractivity contribution in [3.63, 3.8) is 0 Å². The van der Waals surface area contributed by atoms with Crippen LogP contribution in [0.1, 0.15) is 26.3 Å². The number of hydrogen-bond donors (Lipinski definition) is 0. The summed E-state index contributed by atoms with van der Waals surface area (Å²) in [5, 5.41) is 0. The van der Waals surface area contributed by atoms with Crippen molar-refractivity contribution in [1.82, 2.24) is 0 Å². The van der Waals surface area contributed by atoms with E-state index in [0.717, 1.165) is 5.56 Å². The minimum absolute atomic E-state index is 0.0726. The van der Waals surface area contributed by atoms with Crippen LogP contribution in [0.5, 0.6) is 0 Å². The lowest BCUT2D eigenvalue weighted by Gasteiger charge is -2.07. The number of carbonyl (C=O) groups excluding carboxylic acids is 1. The molecule has 0 aliphatic rings. The Morgan fingerprint density at radius 2 is 1.87 bits per heavy atom. The molecule has 0 unspecified atom stereocenters. The summed E-state index contributed by atoms with van der Waals surface area (Å²) < 4.78 is 5.08. The van der Waals surface area contributed by atoms with Crippen LogP contribution in [0.25, 0.3) is 6.08 Å². The molecule has 0 fully saturated rings. The highest BCUT2D eigenvalue weighted by atomic mass is 16.5. The summed E-state index contributed by atoms with van der Waals surface area (Å²) in [7, 11) is 0. The van der Waals surface area contributed by atoms with Crippen molar-refractivity contribution in [3.8, 4) is 0 Å². The summed E-state index contributed by atoms with van der Waals surface area (Å²) >= 11 is 0. The van der Waals surface area contributed by atoms with Gasteiger partial charge in [0, 0.05) is 5.57 Å². The molecule has 1 aromatic carbocycles. The van der Waals surface area contributed by atoms with Gasteiger partial charge in [-0.25, -0.2) is 4.79 Å². The fourth-order valence-corrected chi connectivity index (χ4v) is 1.17. The van der Waals surface area contributed by atoms with E-state index in [0.29, 0.717) is 5.57 Å². The van der Waals surface area contributed by atoms with E-state index in [4.69, 9.17) is 4.74 Å². The Hall–Kier alpha value is -1.57. The molecule has 2 heteroatoms. The molecule has 80 valence electrons. The minimum Gasteiger partial charge on any atom is -0.460 e. The van der Waals surface area contributed by atoms with Crippen molar-refractivity contribution >= 4 is 12.0 Å². The fourth-order valence-electron chi connectivity index (χ4n) is 1.17. The highest BCUT2D eigenvalue weighted by molar-refractivity contribution is 5.93. The van der Waals surface area contributed by atoms with Crippen molar-refractivity contribution < 1.29 is 9.53 Å². The fraction of sp³-hybridized carbons (Fsp3) is 0.308. The number of rotatable bonds is 3. The zero-order valence-corrected chi connectivity index (χ0v) is 9.36. The SMILES string of the molecule is C/C(=C/c1ccccc1)C(=O)OC(C)C. The lowest BCUT2D eigenvalue weighted by atomic mass is 10.1. The molecule has 0 aliphatic heterocycles. The topological polar surface area (TPSA) is 26.3 Å². The molecule has 0 saturated heterocycles. The summed E-state index contributed by atoms with van der Waals surface area (Å²) in [6, 6.07) is 9.72. The second-order valence-corrected chi connectivity index (χ2v) is 3.69. The Morgan fingerprint density at radius 1 is 1.27 bits per heavy atom. The highest BCUT2D eigenvalue weighted by Gasteiger charge is 2.07. The van der Waals surface area contributed by atoms with Gasteiger partial charge in [0.05, 0.1) is 6.10 Å². The van der Waals surface area contributed by atoms with Crippen LogP contribution in [0.4, 0.5) is 0 Å². The van der Waals surface area contributed by atoms with E-state index in [1.54, 1.807) is 6.92 Å². The molecule has 2 nitrogen and oxygen atoms in total. The Labute approximate surface area is 90.6 Å². The van der Waals surface area contributed by atoms with Crippen molar-refractivity contribution in [2.45, 2.75) is 26.9 Å². The molecule has 0 amide bonds. The second kappa shape index (κ2) is 5.35. The molecule has 0 bridgehead atoms. The maximum absolute atomic E-state index is 11.5. The summed E-state index contributed by atoms with van der Waals surface area (Å²) in [6.07, 6.45) is 1.75. The smallest absolute Gasteiger partial charge is 0.333 e. The molecule has 0 N–H and O–H groups in total. The van der Waals surface area contributed by atoms with Crippen molar-refractivity contribution in [2.75, 3.05) is 0 Å². The Balaban J connectivity index is 2.72. The first-order chi connectivity index (χ1) is 7.09. The van der Waals surface area contributed by atoms with Gasteiger partial charge in [-0.05, 0) is 32.4 Å². The first-order valence-electron chi connectivity index (χ1n) is 5.04. The van der Waals surface area contributed by atoms with Crippen LogP contribution < -0.4 is 0 Å². The summed E-state index contributed by atoms with van der Waals surface area (Å²) in [4.78, 5) is 11.5. The quantitative estimate of drug-likeness (QED) is 0.558. The molecule has 0 saturated carbocycles. The van der Waals surface area contributed by atoms with Crippen molar-refractivity contribution in [3.05, 3.63) is 41.5 Å². The van der Waals surface area contributed by atoms with Crippen LogP contribution in [-0.4, -0.2) is 12.1 Å². The minimum atomic E-state index is -0.256. The van der Waals surface area contributed by atoms with E-state index < -0.39 is 0 Å². The third kappa shape index (κ3) is 3.98. The van der Waals surface area contributed by atoms with Gasteiger partial charge in [0.25, 0.3) is 0 Å². The summed E-state index contributed by atoms with van der Waals surface area (Å²) in [5.41, 5.74) is 1.63. The molecular formula is C13H16O2. The van der Waals surface area contributed by atoms with Gasteiger partial charge in [0.1, 0.15) is 0 Å². The molecule has 0 radical (unpaired) electrons. The molecule has 1 aromatic rings. The summed E-state index contributed by atoms with van der Waals surface area (Å²) in [5.74, 6) is -0.256. The average molecular weight is 204 g/mol. The van der Waals surface area contributed by atoms with Gasteiger partial charge in [-0.1, -0.05) is 30.3 Å². The number of benzene rings is 1. The van der Waals surface area contributed by atoms with Gasteiger partial charge in [-0.3, -0.25) is 0 Å². The van der Waals surface area contributed by atoms with Crippen LogP contribution in [0.15, 0.2) is 35.9 Å². The molecule has 15 heavy (non-hydrogen) atoms. The number of ether oxygens (including phenoxy) is 1. The van der Waals surface area contributed by atoms with Gasteiger partial charge >= 0.3 is 5.97 Å². The maximum atomic E-state index is 11.5. The Bertz CT molecular complexity index is 350. The molecule has 0 heterocycles. The van der Waals surface area contributed by atoms with Crippen molar-refractivity contribution in [1.29, 1.82) is 0 Å². The lowest BCUT2D eigenvalue weighted by molar-refractivity contribution is -0.142. The summed E-state index contributed by atoms with van der Waals surface area (Å²) in [6.45, 7) is 5.44. The zero-order valence-electron chi connectivity index (χ0n) is 9.36. The number of hydrogen-bond acceptors (Lipinski definition) is 2. The number of esters is 1. The largest absolute Gasteiger partial charge is 0.460 e. The predicted octanol–water partition coefficient (Wildman–Crippen LogP) is 3.04. The van der Waals surface area contributed by atoms with Gasteiger partial charge in [0.15, 0.2) is 0 Å². The van der Waals surface area contributed by atoms with E-state index in [-0.39, 0.29) is 12.1 Å². The molecule has 1 rings (SSSR count). The Kier molecular flexibility index (Phi) is 4.10. The normalized spacial score (nSPS) is 11.6. The standard InChI is InChI=1S/C13H16O2/c1-10(2)15-13(14)11(3)9-12-7-5-4-6-8-12/h4-10H,1-3H3/b11-9-. The average Bonchev–Trinajstić information content (AvgIpc) is 2.18. The first kappa shape index (κ1) is 11.5. The Morgan fingerprint density at radius 3 is 2.40 bits per heavy atom. The molecular weight excluding hydrogens is 188 g/mol. The van der Waals surface area contributed by atoms with Gasteiger partial charge in [-0.2, -0.15) is 0 Å². The van der Waals surface area contributed by atoms with E-state index in [1.165, 1.54) is 0 Å². The van der Waals surface area contributed by atoms with Gasteiger partial charge in [0.2, 0.25) is 0 Å². The van der Waals surface area contributed by atoms with Gasteiger partial charge < -0.3 is 4.74 Å². The van der Waals surface area contributed by atoms with Gasteiger partial charge in [-0.15, -0.1) is 0 Å².